The first-order chi connectivity index (χ1) is 13.7. The lowest BCUT2D eigenvalue weighted by Crippen LogP contribution is -2.36. The second-order valence-electron chi connectivity index (χ2n) is 6.55. The molecule has 1 aliphatic rings. The average Bonchev–Trinajstić information content (AvgIpc) is 3.09. The average molecular weight is 376 g/mol. The van der Waals surface area contributed by atoms with E-state index in [1.807, 2.05) is 60.7 Å². The van der Waals surface area contributed by atoms with E-state index >= 15 is 0 Å². The molecule has 1 unspecified atom stereocenters. The Labute approximate surface area is 162 Å². The van der Waals surface area contributed by atoms with Gasteiger partial charge in [-0.05, 0) is 31.4 Å². The zero-order valence-corrected chi connectivity index (χ0v) is 15.2. The molecule has 1 aromatic heterocycles. The second-order valence-corrected chi connectivity index (χ2v) is 6.55. The number of aromatic nitrogens is 3. The summed E-state index contributed by atoms with van der Waals surface area (Å²) in [5, 5.41) is 7.13. The van der Waals surface area contributed by atoms with E-state index in [0.29, 0.717) is 18.8 Å². The van der Waals surface area contributed by atoms with Crippen molar-refractivity contribution in [2.75, 3.05) is 6.54 Å². The predicted octanol–water partition coefficient (Wildman–Crippen LogP) is 2.76. The fourth-order valence-electron chi connectivity index (χ4n) is 3.13. The van der Waals surface area contributed by atoms with Crippen molar-refractivity contribution < 1.29 is 14.3 Å². The first-order valence-corrected chi connectivity index (χ1v) is 9.29. The maximum absolute atomic E-state index is 12.7. The lowest BCUT2D eigenvalue weighted by atomic mass is 10.2. The number of amides is 1. The van der Waals surface area contributed by atoms with Crippen LogP contribution < -0.4 is 5.32 Å². The zero-order valence-electron chi connectivity index (χ0n) is 15.2. The number of para-hydroxylation sites is 1. The van der Waals surface area contributed by atoms with Gasteiger partial charge >= 0.3 is 5.97 Å². The molecular formula is C21H20N4O3. The van der Waals surface area contributed by atoms with Gasteiger partial charge in [0.25, 0.3) is 11.7 Å². The zero-order chi connectivity index (χ0) is 19.3. The molecule has 1 aliphatic heterocycles. The number of esters is 1. The van der Waals surface area contributed by atoms with E-state index in [2.05, 4.69) is 15.4 Å². The monoisotopic (exact) mass is 376 g/mol. The van der Waals surface area contributed by atoms with Crippen LogP contribution in [0.4, 0.5) is 0 Å². The molecule has 0 saturated carbocycles. The SMILES string of the molecule is O=C(OC1CCCCNC1=O)c1nc(-c2ccccc2)n(-c2ccccc2)n1. The van der Waals surface area contributed by atoms with E-state index in [-0.39, 0.29) is 11.7 Å². The number of hydrogen-bond acceptors (Lipinski definition) is 5. The molecule has 1 amide bonds. The van der Waals surface area contributed by atoms with Crippen molar-refractivity contribution in [1.82, 2.24) is 20.1 Å². The van der Waals surface area contributed by atoms with Gasteiger partial charge in [-0.25, -0.2) is 14.5 Å². The predicted molar refractivity (Wildman–Crippen MR) is 103 cm³/mol. The van der Waals surface area contributed by atoms with E-state index in [4.69, 9.17) is 4.74 Å². The van der Waals surface area contributed by atoms with Gasteiger partial charge in [-0.15, -0.1) is 5.10 Å². The number of rotatable bonds is 4. The molecule has 2 heterocycles. The van der Waals surface area contributed by atoms with Gasteiger partial charge in [0.15, 0.2) is 11.9 Å². The fourth-order valence-corrected chi connectivity index (χ4v) is 3.13. The number of carbonyl (C=O) groups excluding carboxylic acids is 2. The second kappa shape index (κ2) is 8.04. The Bertz CT molecular complexity index is 913. The number of carbonyl (C=O) groups is 2. The summed E-state index contributed by atoms with van der Waals surface area (Å²) in [6.45, 7) is 0.603. The third kappa shape index (κ3) is 3.78. The Morgan fingerprint density at radius 3 is 2.50 bits per heavy atom. The van der Waals surface area contributed by atoms with Gasteiger partial charge < -0.3 is 10.1 Å². The normalized spacial score (nSPS) is 16.9. The highest BCUT2D eigenvalue weighted by Crippen LogP contribution is 2.21. The van der Waals surface area contributed by atoms with E-state index in [9.17, 15) is 9.59 Å². The number of benzene rings is 2. The third-order valence-corrected chi connectivity index (χ3v) is 4.56. The Kier molecular flexibility index (Phi) is 5.14. The first-order valence-electron chi connectivity index (χ1n) is 9.29. The summed E-state index contributed by atoms with van der Waals surface area (Å²) < 4.78 is 7.03. The highest BCUT2D eigenvalue weighted by molar-refractivity contribution is 5.90. The molecular weight excluding hydrogens is 356 g/mol. The first kappa shape index (κ1) is 17.9. The molecule has 142 valence electrons. The molecule has 1 saturated heterocycles. The van der Waals surface area contributed by atoms with E-state index < -0.39 is 12.1 Å². The molecule has 0 radical (unpaired) electrons. The molecule has 1 N–H and O–H groups in total. The summed E-state index contributed by atoms with van der Waals surface area (Å²) in [6, 6.07) is 19.0. The number of nitrogens with zero attached hydrogens (tertiary/aromatic N) is 3. The van der Waals surface area contributed by atoms with Crippen molar-refractivity contribution in [3.8, 4) is 17.1 Å². The molecule has 0 bridgehead atoms. The molecule has 3 aromatic rings. The largest absolute Gasteiger partial charge is 0.446 e. The van der Waals surface area contributed by atoms with Crippen LogP contribution in [0.3, 0.4) is 0 Å². The summed E-state index contributed by atoms with van der Waals surface area (Å²) in [5.74, 6) is -0.505. The number of nitrogens with one attached hydrogen (secondary N) is 1. The van der Waals surface area contributed by atoms with Gasteiger partial charge in [0.1, 0.15) is 0 Å². The van der Waals surface area contributed by atoms with Gasteiger partial charge in [0, 0.05) is 12.1 Å². The summed E-state index contributed by atoms with van der Waals surface area (Å²) in [6.07, 6.45) is 1.39. The highest BCUT2D eigenvalue weighted by Gasteiger charge is 2.28. The standard InChI is InChI=1S/C21H20N4O3/c26-20-17(13-7-8-14-22-20)28-21(27)18-23-19(15-9-3-1-4-10-15)25(24-18)16-11-5-2-6-12-16/h1-6,9-12,17H,7-8,13-14H2,(H,22,26). The lowest BCUT2D eigenvalue weighted by Gasteiger charge is -2.12. The van der Waals surface area contributed by atoms with Crippen LogP contribution in [-0.2, 0) is 9.53 Å². The van der Waals surface area contributed by atoms with Crippen molar-refractivity contribution >= 4 is 11.9 Å². The van der Waals surface area contributed by atoms with Gasteiger partial charge in [0.05, 0.1) is 5.69 Å². The van der Waals surface area contributed by atoms with Crippen molar-refractivity contribution in [2.24, 2.45) is 0 Å². The molecule has 1 atom stereocenters. The Hall–Kier alpha value is -3.48. The molecule has 7 heteroatoms. The minimum absolute atomic E-state index is 0.0697. The van der Waals surface area contributed by atoms with E-state index in [0.717, 1.165) is 24.1 Å². The molecule has 28 heavy (non-hydrogen) atoms. The summed E-state index contributed by atoms with van der Waals surface area (Å²) in [4.78, 5) is 29.1. The Morgan fingerprint density at radius 1 is 1.04 bits per heavy atom. The van der Waals surface area contributed by atoms with Crippen LogP contribution in [0.2, 0.25) is 0 Å². The quantitative estimate of drug-likeness (QED) is 0.708. The number of hydrogen-bond donors (Lipinski definition) is 1. The van der Waals surface area contributed by atoms with Crippen molar-refractivity contribution in [3.63, 3.8) is 0 Å². The molecule has 7 nitrogen and oxygen atoms in total. The molecule has 0 spiro atoms. The van der Waals surface area contributed by atoms with Gasteiger partial charge in [-0.1, -0.05) is 48.5 Å². The maximum Gasteiger partial charge on any atom is 0.379 e. The third-order valence-electron chi connectivity index (χ3n) is 4.56. The van der Waals surface area contributed by atoms with E-state index in [1.165, 1.54) is 0 Å². The smallest absolute Gasteiger partial charge is 0.379 e. The van der Waals surface area contributed by atoms with E-state index in [1.54, 1.807) is 4.68 Å². The van der Waals surface area contributed by atoms with Crippen LogP contribution in [0.5, 0.6) is 0 Å². The molecule has 1 fully saturated rings. The van der Waals surface area contributed by atoms with Crippen molar-refractivity contribution in [3.05, 3.63) is 66.5 Å². The summed E-state index contributed by atoms with van der Waals surface area (Å²) >= 11 is 0. The van der Waals surface area contributed by atoms with Gasteiger partial charge in [-0.2, -0.15) is 0 Å². The van der Waals surface area contributed by atoms with Crippen LogP contribution in [-0.4, -0.2) is 39.3 Å². The fraction of sp³-hybridized carbons (Fsp3) is 0.238. The van der Waals surface area contributed by atoms with Gasteiger partial charge in [-0.3, -0.25) is 4.79 Å². The van der Waals surface area contributed by atoms with Crippen LogP contribution >= 0.6 is 0 Å². The van der Waals surface area contributed by atoms with Crippen molar-refractivity contribution in [2.45, 2.75) is 25.4 Å². The molecule has 0 aliphatic carbocycles. The Balaban J connectivity index is 1.67. The minimum atomic E-state index is -0.807. The van der Waals surface area contributed by atoms with Crippen LogP contribution in [0, 0.1) is 0 Å². The topological polar surface area (TPSA) is 86.1 Å². The maximum atomic E-state index is 12.7. The molecule has 4 rings (SSSR count). The minimum Gasteiger partial charge on any atom is -0.446 e. The van der Waals surface area contributed by atoms with Crippen molar-refractivity contribution in [1.29, 1.82) is 0 Å². The Morgan fingerprint density at radius 2 is 1.75 bits per heavy atom. The van der Waals surface area contributed by atoms with Crippen LogP contribution in [0.25, 0.3) is 17.1 Å². The summed E-state index contributed by atoms with van der Waals surface area (Å²) in [7, 11) is 0. The van der Waals surface area contributed by atoms with Gasteiger partial charge in [0.2, 0.25) is 0 Å². The highest BCUT2D eigenvalue weighted by atomic mass is 16.5. The van der Waals surface area contributed by atoms with Crippen LogP contribution in [0.1, 0.15) is 29.9 Å². The lowest BCUT2D eigenvalue weighted by molar-refractivity contribution is -0.129. The van der Waals surface area contributed by atoms with Crippen LogP contribution in [0.15, 0.2) is 60.7 Å². The molecule has 2 aromatic carbocycles. The number of ether oxygens (including phenoxy) is 1. The summed E-state index contributed by atoms with van der Waals surface area (Å²) in [5.41, 5.74) is 1.60.